The quantitative estimate of drug-likeness (QED) is 0.265. The molecule has 0 radical (unpaired) electrons. The lowest BCUT2D eigenvalue weighted by atomic mass is 10.2. The van der Waals surface area contributed by atoms with E-state index in [1.165, 1.54) is 34.8 Å². The van der Waals surface area contributed by atoms with Crippen molar-refractivity contribution in [3.63, 3.8) is 0 Å². The first-order valence-corrected chi connectivity index (χ1v) is 13.2. The van der Waals surface area contributed by atoms with Crippen molar-refractivity contribution >= 4 is 39.7 Å². The maximum absolute atomic E-state index is 13.0. The lowest BCUT2D eigenvalue weighted by molar-refractivity contribution is -0.145. The van der Waals surface area contributed by atoms with E-state index >= 15 is 0 Å². The summed E-state index contributed by atoms with van der Waals surface area (Å²) in [4.78, 5) is 24.4. The molecule has 12 heteroatoms. The highest BCUT2D eigenvalue weighted by molar-refractivity contribution is 7.89. The number of esters is 1. The Morgan fingerprint density at radius 3 is 2.56 bits per heavy atom. The lowest BCUT2D eigenvalue weighted by Gasteiger charge is -2.22. The predicted molar refractivity (Wildman–Crippen MR) is 134 cm³/mol. The second-order valence-corrected chi connectivity index (χ2v) is 10.0. The van der Waals surface area contributed by atoms with Crippen LogP contribution in [0, 0.1) is 0 Å². The lowest BCUT2D eigenvalue weighted by Crippen LogP contribution is -2.44. The zero-order valence-electron chi connectivity index (χ0n) is 20.0. The maximum Gasteiger partial charge on any atom is 0.344 e. The van der Waals surface area contributed by atoms with Crippen molar-refractivity contribution in [2.75, 3.05) is 26.4 Å². The smallest absolute Gasteiger partial charge is 0.344 e. The Labute approximate surface area is 215 Å². The third-order valence-corrected chi connectivity index (χ3v) is 7.41. The van der Waals surface area contributed by atoms with Crippen LogP contribution in [0.15, 0.2) is 52.5 Å². The van der Waals surface area contributed by atoms with Crippen LogP contribution in [0.5, 0.6) is 11.5 Å². The van der Waals surface area contributed by atoms with E-state index in [4.69, 9.17) is 25.8 Å². The molecule has 0 saturated carbocycles. The molecule has 0 aromatic heterocycles. The minimum atomic E-state index is -3.86. The molecule has 1 heterocycles. The number of halogens is 1. The summed E-state index contributed by atoms with van der Waals surface area (Å²) in [6, 6.07) is 9.88. The van der Waals surface area contributed by atoms with E-state index in [0.29, 0.717) is 41.5 Å². The van der Waals surface area contributed by atoms with Crippen molar-refractivity contribution < 1.29 is 32.2 Å². The second-order valence-electron chi connectivity index (χ2n) is 7.69. The normalized spacial score (nSPS) is 16.1. The molecule has 0 spiro atoms. The van der Waals surface area contributed by atoms with Crippen LogP contribution in [0.25, 0.3) is 0 Å². The standard InChI is InChI=1S/C24H28ClN3O7S/c1-3-33-22-14-17(7-12-21(22)35-16-23(29)34-4-2)15-26-27-24(30)20-6-5-13-28(20)36(31,32)19-10-8-18(25)9-11-19/h7-12,14-15,20H,3-6,13,16H2,1-2H3,(H,27,30)/b26-15-/t20-/m1/s1. The summed E-state index contributed by atoms with van der Waals surface area (Å²) in [7, 11) is -3.86. The van der Waals surface area contributed by atoms with Crippen molar-refractivity contribution in [1.29, 1.82) is 0 Å². The van der Waals surface area contributed by atoms with Crippen LogP contribution in [-0.4, -0.2) is 63.2 Å². The molecule has 2 aromatic carbocycles. The number of benzene rings is 2. The number of carbonyl (C=O) groups excluding carboxylic acids is 2. The SMILES string of the molecule is CCOC(=O)COc1ccc(/C=N\NC(=O)[C@H]2CCCN2S(=O)(=O)c2ccc(Cl)cc2)cc1OCC. The van der Waals surface area contributed by atoms with Crippen LogP contribution in [0.1, 0.15) is 32.3 Å². The largest absolute Gasteiger partial charge is 0.490 e. The van der Waals surface area contributed by atoms with Crippen LogP contribution in [0.4, 0.5) is 0 Å². The summed E-state index contributed by atoms with van der Waals surface area (Å²) in [6.45, 7) is 4.12. The highest BCUT2D eigenvalue weighted by Crippen LogP contribution is 2.29. The van der Waals surface area contributed by atoms with Crippen LogP contribution < -0.4 is 14.9 Å². The number of hydrogen-bond donors (Lipinski definition) is 1. The predicted octanol–water partition coefficient (Wildman–Crippen LogP) is 2.98. The van der Waals surface area contributed by atoms with Gasteiger partial charge in [0.15, 0.2) is 18.1 Å². The number of nitrogens with zero attached hydrogens (tertiary/aromatic N) is 2. The Kier molecular flexibility index (Phi) is 9.68. The topological polar surface area (TPSA) is 124 Å². The molecular formula is C24H28ClN3O7S. The van der Waals surface area contributed by atoms with E-state index in [0.717, 1.165) is 0 Å². The summed E-state index contributed by atoms with van der Waals surface area (Å²) in [6.07, 6.45) is 2.34. The van der Waals surface area contributed by atoms with Crippen molar-refractivity contribution in [3.05, 3.63) is 53.1 Å². The van der Waals surface area contributed by atoms with Crippen LogP contribution in [0.2, 0.25) is 5.02 Å². The number of carbonyl (C=O) groups is 2. The molecule has 36 heavy (non-hydrogen) atoms. The first-order chi connectivity index (χ1) is 17.3. The van der Waals surface area contributed by atoms with Crippen molar-refractivity contribution in [3.8, 4) is 11.5 Å². The van der Waals surface area contributed by atoms with Gasteiger partial charge in [-0.05, 0) is 74.7 Å². The molecule has 0 bridgehead atoms. The van der Waals surface area contributed by atoms with Gasteiger partial charge in [0.25, 0.3) is 5.91 Å². The molecule has 1 fully saturated rings. The number of sulfonamides is 1. The Hall–Kier alpha value is -3.15. The Morgan fingerprint density at radius 1 is 1.11 bits per heavy atom. The molecule has 194 valence electrons. The molecule has 0 aliphatic carbocycles. The van der Waals surface area contributed by atoms with Crippen molar-refractivity contribution in [2.24, 2.45) is 5.10 Å². The number of ether oxygens (including phenoxy) is 3. The number of nitrogens with one attached hydrogen (secondary N) is 1. The molecule has 1 aliphatic rings. The van der Waals surface area contributed by atoms with Gasteiger partial charge < -0.3 is 14.2 Å². The van der Waals surface area contributed by atoms with E-state index in [-0.39, 0.29) is 24.7 Å². The number of rotatable bonds is 11. The first kappa shape index (κ1) is 27.4. The first-order valence-electron chi connectivity index (χ1n) is 11.4. The average molecular weight is 538 g/mol. The van der Waals surface area contributed by atoms with Gasteiger partial charge >= 0.3 is 5.97 Å². The average Bonchev–Trinajstić information content (AvgIpc) is 3.35. The van der Waals surface area contributed by atoms with Gasteiger partial charge in [0, 0.05) is 11.6 Å². The minimum absolute atomic E-state index is 0.0730. The third kappa shape index (κ3) is 6.96. The van der Waals surface area contributed by atoms with Gasteiger partial charge in [-0.25, -0.2) is 18.6 Å². The van der Waals surface area contributed by atoms with Gasteiger partial charge in [0.05, 0.1) is 24.3 Å². The van der Waals surface area contributed by atoms with Gasteiger partial charge in [-0.2, -0.15) is 9.41 Å². The Morgan fingerprint density at radius 2 is 1.86 bits per heavy atom. The molecule has 0 unspecified atom stereocenters. The van der Waals surface area contributed by atoms with Crippen molar-refractivity contribution in [2.45, 2.75) is 37.6 Å². The molecule has 1 amide bonds. The maximum atomic E-state index is 13.0. The summed E-state index contributed by atoms with van der Waals surface area (Å²) in [5.74, 6) is -0.263. The van der Waals surface area contributed by atoms with Gasteiger partial charge in [0.2, 0.25) is 10.0 Å². The monoisotopic (exact) mass is 537 g/mol. The zero-order valence-corrected chi connectivity index (χ0v) is 21.5. The Balaban J connectivity index is 1.66. The fourth-order valence-corrected chi connectivity index (χ4v) is 5.39. The molecule has 1 N–H and O–H groups in total. The van der Waals surface area contributed by atoms with Gasteiger partial charge in [0.1, 0.15) is 6.04 Å². The molecule has 10 nitrogen and oxygen atoms in total. The highest BCUT2D eigenvalue weighted by atomic mass is 35.5. The number of hydrogen-bond acceptors (Lipinski definition) is 8. The van der Waals surface area contributed by atoms with Crippen LogP contribution in [-0.2, 0) is 24.3 Å². The number of hydrazone groups is 1. The zero-order chi connectivity index (χ0) is 26.1. The second kappa shape index (κ2) is 12.7. The van der Waals surface area contributed by atoms with E-state index in [1.807, 2.05) is 6.92 Å². The van der Waals surface area contributed by atoms with Crippen molar-refractivity contribution in [1.82, 2.24) is 9.73 Å². The fourth-order valence-electron chi connectivity index (χ4n) is 3.61. The van der Waals surface area contributed by atoms with Gasteiger partial charge in [-0.1, -0.05) is 11.6 Å². The summed E-state index contributed by atoms with van der Waals surface area (Å²) in [5, 5.41) is 4.40. The molecule has 1 saturated heterocycles. The van der Waals surface area contributed by atoms with E-state index in [2.05, 4.69) is 10.5 Å². The minimum Gasteiger partial charge on any atom is -0.490 e. The fraction of sp³-hybridized carbons (Fsp3) is 0.375. The third-order valence-electron chi connectivity index (χ3n) is 5.23. The van der Waals surface area contributed by atoms with Crippen LogP contribution >= 0.6 is 11.6 Å². The summed E-state index contributed by atoms with van der Waals surface area (Å²) in [5.41, 5.74) is 3.02. The summed E-state index contributed by atoms with van der Waals surface area (Å²) < 4.78 is 43.1. The molecule has 2 aromatic rings. The number of amides is 1. The van der Waals surface area contributed by atoms with E-state index in [1.54, 1.807) is 25.1 Å². The van der Waals surface area contributed by atoms with Gasteiger partial charge in [-0.15, -0.1) is 0 Å². The van der Waals surface area contributed by atoms with E-state index < -0.39 is 27.9 Å². The molecular weight excluding hydrogens is 510 g/mol. The summed E-state index contributed by atoms with van der Waals surface area (Å²) >= 11 is 5.86. The highest BCUT2D eigenvalue weighted by Gasteiger charge is 2.39. The Bertz CT molecular complexity index is 1200. The molecule has 3 rings (SSSR count). The van der Waals surface area contributed by atoms with Gasteiger partial charge in [-0.3, -0.25) is 4.79 Å². The van der Waals surface area contributed by atoms with Crippen LogP contribution in [0.3, 0.4) is 0 Å². The molecule has 1 atom stereocenters. The molecule has 1 aliphatic heterocycles. The van der Waals surface area contributed by atoms with E-state index in [9.17, 15) is 18.0 Å².